The van der Waals surface area contributed by atoms with Gasteiger partial charge in [-0.2, -0.15) is 5.26 Å². The lowest BCUT2D eigenvalue weighted by Crippen LogP contribution is -2.13. The predicted octanol–water partition coefficient (Wildman–Crippen LogP) is 1.49. The van der Waals surface area contributed by atoms with E-state index in [9.17, 15) is 4.79 Å². The largest absolute Gasteiger partial charge is 0.298 e. The summed E-state index contributed by atoms with van der Waals surface area (Å²) in [6, 6.07) is 2.02. The maximum absolute atomic E-state index is 10.8. The Balaban J connectivity index is 2.50. The molecule has 10 heavy (non-hydrogen) atoms. The van der Waals surface area contributed by atoms with Crippen LogP contribution in [0, 0.1) is 17.2 Å². The monoisotopic (exact) mass is 157 g/mol. The number of halogens is 1. The van der Waals surface area contributed by atoms with Crippen molar-refractivity contribution in [3.63, 3.8) is 0 Å². The molecule has 0 aliphatic heterocycles. The molecule has 0 N–H and O–H groups in total. The number of hydrogen-bond donors (Lipinski definition) is 0. The van der Waals surface area contributed by atoms with Gasteiger partial charge in [0.05, 0.1) is 11.4 Å². The molecule has 2 atom stereocenters. The first-order valence-corrected chi connectivity index (χ1v) is 3.73. The fourth-order valence-corrected chi connectivity index (χ4v) is 1.52. The lowest BCUT2D eigenvalue weighted by molar-refractivity contribution is -0.117. The topological polar surface area (TPSA) is 40.9 Å². The van der Waals surface area contributed by atoms with Gasteiger partial charge in [-0.05, 0) is 12.3 Å². The summed E-state index contributed by atoms with van der Waals surface area (Å²) >= 11 is 5.71. The minimum absolute atomic E-state index is 0.0990. The van der Waals surface area contributed by atoms with E-state index in [2.05, 4.69) is 0 Å². The predicted molar refractivity (Wildman–Crippen MR) is 37.6 cm³/mol. The summed E-state index contributed by atoms with van der Waals surface area (Å²) in [7, 11) is 0. The van der Waals surface area contributed by atoms with Crippen molar-refractivity contribution in [2.75, 3.05) is 0 Å². The van der Waals surface area contributed by atoms with Gasteiger partial charge >= 0.3 is 0 Å². The minimum Gasteiger partial charge on any atom is -0.298 e. The SMILES string of the molecule is N#CCC1CCC(=O)[C@H]1Cl. The molecule has 0 radical (unpaired) electrons. The van der Waals surface area contributed by atoms with Gasteiger partial charge in [0.1, 0.15) is 0 Å². The van der Waals surface area contributed by atoms with Crippen LogP contribution in [-0.4, -0.2) is 11.2 Å². The zero-order valence-electron chi connectivity index (χ0n) is 5.51. The number of Topliss-reactive ketones (excluding diaryl/α,β-unsaturated/α-hetero) is 1. The number of nitriles is 1. The van der Waals surface area contributed by atoms with Gasteiger partial charge in [0.15, 0.2) is 5.78 Å². The molecule has 1 aliphatic carbocycles. The van der Waals surface area contributed by atoms with Crippen LogP contribution < -0.4 is 0 Å². The van der Waals surface area contributed by atoms with E-state index in [1.165, 1.54) is 0 Å². The zero-order chi connectivity index (χ0) is 7.56. The van der Waals surface area contributed by atoms with E-state index in [1.807, 2.05) is 6.07 Å². The third-order valence-corrected chi connectivity index (χ3v) is 2.44. The van der Waals surface area contributed by atoms with Crippen LogP contribution in [0.25, 0.3) is 0 Å². The lowest BCUT2D eigenvalue weighted by atomic mass is 10.1. The Morgan fingerprint density at radius 1 is 1.80 bits per heavy atom. The van der Waals surface area contributed by atoms with Crippen molar-refractivity contribution in [2.24, 2.45) is 5.92 Å². The molecule has 0 heterocycles. The molecule has 1 saturated carbocycles. The molecule has 0 aromatic rings. The van der Waals surface area contributed by atoms with Crippen LogP contribution in [0.2, 0.25) is 0 Å². The highest BCUT2D eigenvalue weighted by atomic mass is 35.5. The molecule has 3 heteroatoms. The second-order valence-corrected chi connectivity index (χ2v) is 3.00. The van der Waals surface area contributed by atoms with E-state index in [1.54, 1.807) is 0 Å². The zero-order valence-corrected chi connectivity index (χ0v) is 6.27. The number of nitrogens with zero attached hydrogens (tertiary/aromatic N) is 1. The molecule has 0 bridgehead atoms. The van der Waals surface area contributed by atoms with Gasteiger partial charge in [-0.25, -0.2) is 0 Å². The second-order valence-electron chi connectivity index (χ2n) is 2.53. The van der Waals surface area contributed by atoms with Gasteiger partial charge in [0.2, 0.25) is 0 Å². The standard InChI is InChI=1S/C7H8ClNO/c8-7-5(3-4-9)1-2-6(7)10/h5,7H,1-3H2/t5?,7-/m0/s1. The molecule has 1 rings (SSSR count). The maximum Gasteiger partial charge on any atom is 0.151 e. The maximum atomic E-state index is 10.8. The summed E-state index contributed by atoms with van der Waals surface area (Å²) in [6.45, 7) is 0. The van der Waals surface area contributed by atoms with Crippen LogP contribution in [0.5, 0.6) is 0 Å². The Morgan fingerprint density at radius 2 is 2.50 bits per heavy atom. The summed E-state index contributed by atoms with van der Waals surface area (Å²) in [5.41, 5.74) is 0. The first kappa shape index (κ1) is 7.56. The van der Waals surface area contributed by atoms with Crippen LogP contribution >= 0.6 is 11.6 Å². The molecule has 1 aliphatic rings. The number of alkyl halides is 1. The highest BCUT2D eigenvalue weighted by molar-refractivity contribution is 6.32. The van der Waals surface area contributed by atoms with Gasteiger partial charge in [0, 0.05) is 12.8 Å². The Hall–Kier alpha value is -0.550. The average Bonchev–Trinajstić information content (AvgIpc) is 2.20. The first-order valence-electron chi connectivity index (χ1n) is 3.29. The number of carbonyl (C=O) groups is 1. The molecule has 0 amide bonds. The lowest BCUT2D eigenvalue weighted by Gasteiger charge is -2.05. The van der Waals surface area contributed by atoms with E-state index in [4.69, 9.17) is 16.9 Å². The molecule has 0 spiro atoms. The van der Waals surface area contributed by atoms with Crippen molar-refractivity contribution in [3.8, 4) is 6.07 Å². The van der Waals surface area contributed by atoms with Crippen LogP contribution in [-0.2, 0) is 4.79 Å². The van der Waals surface area contributed by atoms with E-state index in [0.29, 0.717) is 12.8 Å². The molecule has 1 unspecified atom stereocenters. The van der Waals surface area contributed by atoms with Crippen molar-refractivity contribution in [3.05, 3.63) is 0 Å². The molecule has 1 fully saturated rings. The van der Waals surface area contributed by atoms with Gasteiger partial charge in [-0.15, -0.1) is 11.6 Å². The summed E-state index contributed by atoms with van der Waals surface area (Å²) in [5, 5.41) is 7.92. The summed E-state index contributed by atoms with van der Waals surface area (Å²) < 4.78 is 0. The van der Waals surface area contributed by atoms with Crippen LogP contribution in [0.4, 0.5) is 0 Å². The Kier molecular flexibility index (Phi) is 2.29. The van der Waals surface area contributed by atoms with Crippen molar-refractivity contribution >= 4 is 17.4 Å². The minimum atomic E-state index is -0.389. The van der Waals surface area contributed by atoms with Crippen molar-refractivity contribution in [1.29, 1.82) is 5.26 Å². The number of ketones is 1. The molecular weight excluding hydrogens is 150 g/mol. The van der Waals surface area contributed by atoms with E-state index >= 15 is 0 Å². The van der Waals surface area contributed by atoms with Gasteiger partial charge in [-0.3, -0.25) is 4.79 Å². The van der Waals surface area contributed by atoms with Gasteiger partial charge < -0.3 is 0 Å². The molecule has 2 nitrogen and oxygen atoms in total. The summed E-state index contributed by atoms with van der Waals surface area (Å²) in [4.78, 5) is 10.8. The first-order chi connectivity index (χ1) is 4.75. The highest BCUT2D eigenvalue weighted by Gasteiger charge is 2.32. The van der Waals surface area contributed by atoms with Crippen LogP contribution in [0.3, 0.4) is 0 Å². The Bertz CT molecular complexity index is 185. The molecular formula is C7H8ClNO. The summed E-state index contributed by atoms with van der Waals surface area (Å²) in [6.07, 6.45) is 1.76. The number of hydrogen-bond acceptors (Lipinski definition) is 2. The van der Waals surface area contributed by atoms with E-state index in [-0.39, 0.29) is 17.1 Å². The van der Waals surface area contributed by atoms with Crippen molar-refractivity contribution < 1.29 is 4.79 Å². The van der Waals surface area contributed by atoms with Crippen molar-refractivity contribution in [2.45, 2.75) is 24.6 Å². The molecule has 0 aromatic carbocycles. The second kappa shape index (κ2) is 3.03. The quantitative estimate of drug-likeness (QED) is 0.541. The van der Waals surface area contributed by atoms with E-state index < -0.39 is 0 Å². The molecule has 54 valence electrons. The molecule has 0 aromatic heterocycles. The Morgan fingerprint density at radius 3 is 2.90 bits per heavy atom. The summed E-state index contributed by atoms with van der Waals surface area (Å²) in [5.74, 6) is 0.209. The smallest absolute Gasteiger partial charge is 0.151 e. The fraction of sp³-hybridized carbons (Fsp3) is 0.714. The average molecular weight is 158 g/mol. The van der Waals surface area contributed by atoms with Gasteiger partial charge in [-0.1, -0.05) is 0 Å². The third-order valence-electron chi connectivity index (χ3n) is 1.84. The van der Waals surface area contributed by atoms with Crippen LogP contribution in [0.15, 0.2) is 0 Å². The van der Waals surface area contributed by atoms with E-state index in [0.717, 1.165) is 6.42 Å². The fourth-order valence-electron chi connectivity index (χ4n) is 1.20. The van der Waals surface area contributed by atoms with Crippen LogP contribution in [0.1, 0.15) is 19.3 Å². The van der Waals surface area contributed by atoms with Gasteiger partial charge in [0.25, 0.3) is 0 Å². The highest BCUT2D eigenvalue weighted by Crippen LogP contribution is 2.29. The number of carbonyl (C=O) groups excluding carboxylic acids is 1. The molecule has 0 saturated heterocycles. The number of rotatable bonds is 1. The van der Waals surface area contributed by atoms with Crippen molar-refractivity contribution in [1.82, 2.24) is 0 Å². The normalized spacial score (nSPS) is 32.2. The Labute approximate surface area is 64.8 Å². The third kappa shape index (κ3) is 1.30.